The Morgan fingerprint density at radius 2 is 2.42 bits per heavy atom. The van der Waals surface area contributed by atoms with Crippen molar-refractivity contribution in [3.8, 4) is 0 Å². The van der Waals surface area contributed by atoms with Crippen molar-refractivity contribution in [1.29, 1.82) is 0 Å². The fourth-order valence-corrected chi connectivity index (χ4v) is 2.14. The molecule has 0 aromatic carbocycles. The Hall–Kier alpha value is -1.56. The predicted molar refractivity (Wildman–Crippen MR) is 69.6 cm³/mol. The van der Waals surface area contributed by atoms with Gasteiger partial charge in [0.15, 0.2) is 0 Å². The fraction of sp³-hybridized carbons (Fsp3) is 0.692. The summed E-state index contributed by atoms with van der Waals surface area (Å²) in [4.78, 5) is 19.0. The molecule has 1 aromatic rings. The van der Waals surface area contributed by atoms with Gasteiger partial charge in [-0.15, -0.1) is 0 Å². The molecule has 1 amide bonds. The van der Waals surface area contributed by atoms with Gasteiger partial charge in [0, 0.05) is 12.5 Å². The van der Waals surface area contributed by atoms with E-state index in [2.05, 4.69) is 15.3 Å². The third-order valence-electron chi connectivity index (χ3n) is 2.96. The van der Waals surface area contributed by atoms with Gasteiger partial charge in [-0.05, 0) is 27.2 Å². The number of imidazole rings is 1. The summed E-state index contributed by atoms with van der Waals surface area (Å²) in [6.07, 6.45) is 3.83. The molecule has 19 heavy (non-hydrogen) atoms. The first-order chi connectivity index (χ1) is 8.96. The summed E-state index contributed by atoms with van der Waals surface area (Å²) in [6, 6.07) is -0.153. The highest BCUT2D eigenvalue weighted by molar-refractivity contribution is 5.68. The summed E-state index contributed by atoms with van der Waals surface area (Å²) in [5.74, 6) is 0.243. The Bertz CT molecular complexity index is 405. The van der Waals surface area contributed by atoms with Crippen LogP contribution in [0, 0.1) is 5.92 Å². The molecule has 0 spiro atoms. The highest BCUT2D eigenvalue weighted by Crippen LogP contribution is 2.27. The third kappa shape index (κ3) is 3.96. The Balaban J connectivity index is 2.04. The van der Waals surface area contributed by atoms with Crippen molar-refractivity contribution in [1.82, 2.24) is 15.3 Å². The number of hydrogen-bond donors (Lipinski definition) is 2. The largest absolute Gasteiger partial charge is 0.444 e. The number of rotatable bonds is 3. The average Bonchev–Trinajstić information content (AvgIpc) is 2.97. The molecule has 6 heteroatoms. The molecule has 2 N–H and O–H groups in total. The zero-order valence-electron chi connectivity index (χ0n) is 11.6. The number of nitrogens with one attached hydrogen (secondary N) is 2. The number of ether oxygens (including phenoxy) is 2. The molecule has 2 heterocycles. The maximum absolute atomic E-state index is 11.9. The van der Waals surface area contributed by atoms with E-state index in [-0.39, 0.29) is 12.0 Å². The van der Waals surface area contributed by atoms with Crippen LogP contribution in [0.1, 0.15) is 38.9 Å². The number of aromatic nitrogens is 2. The van der Waals surface area contributed by atoms with Crippen molar-refractivity contribution in [3.05, 3.63) is 18.2 Å². The first-order valence-electron chi connectivity index (χ1n) is 6.51. The number of hydrogen-bond acceptors (Lipinski definition) is 4. The number of H-pyrrole nitrogens is 1. The smallest absolute Gasteiger partial charge is 0.408 e. The van der Waals surface area contributed by atoms with E-state index in [1.54, 1.807) is 12.5 Å². The topological polar surface area (TPSA) is 76.2 Å². The lowest BCUT2D eigenvalue weighted by Gasteiger charge is -2.25. The van der Waals surface area contributed by atoms with Crippen molar-refractivity contribution in [3.63, 3.8) is 0 Å². The van der Waals surface area contributed by atoms with E-state index < -0.39 is 11.7 Å². The molecule has 1 aliphatic heterocycles. The van der Waals surface area contributed by atoms with Crippen molar-refractivity contribution in [2.75, 3.05) is 13.2 Å². The lowest BCUT2D eigenvalue weighted by atomic mass is 9.97. The third-order valence-corrected chi connectivity index (χ3v) is 2.96. The molecule has 1 saturated heterocycles. The Kier molecular flexibility index (Phi) is 4.09. The summed E-state index contributed by atoms with van der Waals surface area (Å²) in [5, 5.41) is 2.91. The van der Waals surface area contributed by atoms with Crippen LogP contribution in [0.3, 0.4) is 0 Å². The lowest BCUT2D eigenvalue weighted by Crippen LogP contribution is -2.38. The molecule has 2 unspecified atom stereocenters. The number of nitrogens with zero attached hydrogens (tertiary/aromatic N) is 1. The van der Waals surface area contributed by atoms with Gasteiger partial charge in [0.05, 0.1) is 30.9 Å². The summed E-state index contributed by atoms with van der Waals surface area (Å²) >= 11 is 0. The molecule has 1 fully saturated rings. The first-order valence-corrected chi connectivity index (χ1v) is 6.51. The van der Waals surface area contributed by atoms with Crippen LogP contribution in [0.4, 0.5) is 4.79 Å². The van der Waals surface area contributed by atoms with Crippen LogP contribution in [-0.2, 0) is 9.47 Å². The number of carbonyl (C=O) groups is 1. The van der Waals surface area contributed by atoms with Crippen LogP contribution in [-0.4, -0.2) is 34.9 Å². The zero-order chi connectivity index (χ0) is 13.9. The molecule has 1 aromatic heterocycles. The predicted octanol–water partition coefficient (Wildman–Crippen LogP) is 2.01. The second kappa shape index (κ2) is 5.61. The van der Waals surface area contributed by atoms with Crippen LogP contribution in [0.5, 0.6) is 0 Å². The highest BCUT2D eigenvalue weighted by atomic mass is 16.6. The fourth-order valence-electron chi connectivity index (χ4n) is 2.14. The molecular weight excluding hydrogens is 246 g/mol. The van der Waals surface area contributed by atoms with E-state index in [9.17, 15) is 4.79 Å². The standard InChI is InChI=1S/C13H21N3O3/c1-13(2,3)19-12(17)16-11(9-4-5-18-7-9)10-6-14-8-15-10/h6,8-9,11H,4-5,7H2,1-3H3,(H,14,15)(H,16,17). The SMILES string of the molecule is CC(C)(C)OC(=O)NC(c1cnc[nH]1)C1CCOC1. The average molecular weight is 267 g/mol. The van der Waals surface area contributed by atoms with Gasteiger partial charge in [0.25, 0.3) is 0 Å². The summed E-state index contributed by atoms with van der Waals surface area (Å²) in [7, 11) is 0. The molecule has 0 saturated carbocycles. The Labute approximate surface area is 112 Å². The zero-order valence-corrected chi connectivity index (χ0v) is 11.6. The molecule has 1 aliphatic rings. The minimum atomic E-state index is -0.505. The maximum Gasteiger partial charge on any atom is 0.408 e. The van der Waals surface area contributed by atoms with Gasteiger partial charge in [0.2, 0.25) is 0 Å². The number of carbonyl (C=O) groups excluding carboxylic acids is 1. The van der Waals surface area contributed by atoms with Crippen molar-refractivity contribution >= 4 is 6.09 Å². The number of alkyl carbamates (subject to hydrolysis) is 1. The van der Waals surface area contributed by atoms with Gasteiger partial charge in [-0.3, -0.25) is 0 Å². The highest BCUT2D eigenvalue weighted by Gasteiger charge is 2.30. The van der Waals surface area contributed by atoms with Gasteiger partial charge in [-0.25, -0.2) is 9.78 Å². The van der Waals surface area contributed by atoms with Gasteiger partial charge in [-0.1, -0.05) is 0 Å². The molecule has 2 rings (SSSR count). The number of aromatic amines is 1. The quantitative estimate of drug-likeness (QED) is 0.878. The second-order valence-corrected chi connectivity index (χ2v) is 5.75. The molecule has 0 aliphatic carbocycles. The van der Waals surface area contributed by atoms with E-state index in [4.69, 9.17) is 9.47 Å². The Morgan fingerprint density at radius 3 is 2.95 bits per heavy atom. The minimum absolute atomic E-state index is 0.153. The molecule has 106 valence electrons. The van der Waals surface area contributed by atoms with Gasteiger partial charge < -0.3 is 19.8 Å². The van der Waals surface area contributed by atoms with E-state index in [0.717, 1.165) is 18.7 Å². The van der Waals surface area contributed by atoms with Crippen LogP contribution >= 0.6 is 0 Å². The van der Waals surface area contributed by atoms with Crippen LogP contribution < -0.4 is 5.32 Å². The molecular formula is C13H21N3O3. The summed E-state index contributed by atoms with van der Waals surface area (Å²) in [6.45, 7) is 6.90. The van der Waals surface area contributed by atoms with E-state index in [1.165, 1.54) is 0 Å². The van der Waals surface area contributed by atoms with Crippen molar-refractivity contribution in [2.24, 2.45) is 5.92 Å². The van der Waals surface area contributed by atoms with Gasteiger partial charge in [0.1, 0.15) is 5.60 Å². The molecule has 0 radical (unpaired) electrons. The number of amides is 1. The van der Waals surface area contributed by atoms with Crippen molar-refractivity contribution < 1.29 is 14.3 Å². The van der Waals surface area contributed by atoms with Crippen LogP contribution in [0.15, 0.2) is 12.5 Å². The second-order valence-electron chi connectivity index (χ2n) is 5.75. The van der Waals surface area contributed by atoms with E-state index in [1.807, 2.05) is 20.8 Å². The van der Waals surface area contributed by atoms with Gasteiger partial charge >= 0.3 is 6.09 Å². The monoisotopic (exact) mass is 267 g/mol. The van der Waals surface area contributed by atoms with Crippen LogP contribution in [0.25, 0.3) is 0 Å². The summed E-state index contributed by atoms with van der Waals surface area (Å²) in [5.41, 5.74) is 0.371. The molecule has 6 nitrogen and oxygen atoms in total. The molecule has 2 atom stereocenters. The van der Waals surface area contributed by atoms with Crippen LogP contribution in [0.2, 0.25) is 0 Å². The van der Waals surface area contributed by atoms with Crippen molar-refractivity contribution in [2.45, 2.75) is 38.8 Å². The first kappa shape index (κ1) is 13.9. The summed E-state index contributed by atoms with van der Waals surface area (Å²) < 4.78 is 10.7. The van der Waals surface area contributed by atoms with Gasteiger partial charge in [-0.2, -0.15) is 0 Å². The maximum atomic E-state index is 11.9. The normalized spacial score (nSPS) is 21.1. The molecule has 0 bridgehead atoms. The van der Waals surface area contributed by atoms with E-state index in [0.29, 0.717) is 6.61 Å². The Morgan fingerprint density at radius 1 is 1.63 bits per heavy atom. The minimum Gasteiger partial charge on any atom is -0.444 e. The lowest BCUT2D eigenvalue weighted by molar-refractivity contribution is 0.0479. The van der Waals surface area contributed by atoms with E-state index >= 15 is 0 Å².